The van der Waals surface area contributed by atoms with E-state index in [1.165, 1.54) is 17.7 Å². The Morgan fingerprint density at radius 3 is 3.14 bits per heavy atom. The van der Waals surface area contributed by atoms with Gasteiger partial charge in [0, 0.05) is 37.3 Å². The predicted molar refractivity (Wildman–Crippen MR) is 52.8 cm³/mol. The molecule has 2 aliphatic heterocycles. The zero-order valence-corrected chi connectivity index (χ0v) is 8.08. The Bertz CT molecular complexity index is 344. The molecule has 0 saturated carbocycles. The summed E-state index contributed by atoms with van der Waals surface area (Å²) in [6.45, 7) is 3.97. The molecule has 2 aliphatic rings. The summed E-state index contributed by atoms with van der Waals surface area (Å²) in [5, 5.41) is 6.63. The Hall–Kier alpha value is -1.00. The van der Waals surface area contributed by atoms with Crippen molar-refractivity contribution < 1.29 is 0 Å². The van der Waals surface area contributed by atoms with E-state index in [4.69, 9.17) is 0 Å². The lowest BCUT2D eigenvalue weighted by molar-refractivity contribution is 0.691. The molecule has 1 unspecified atom stereocenters. The highest BCUT2D eigenvalue weighted by atomic mass is 15.0. The molecule has 4 heteroatoms. The van der Waals surface area contributed by atoms with E-state index in [0.717, 1.165) is 32.0 Å². The molecule has 74 valence electrons. The average Bonchev–Trinajstić information content (AvgIpc) is 2.88. The monoisotopic (exact) mass is 190 g/mol. The SMILES string of the molecule is c1nc(C2CCNC2)nc2c1CNC2. The summed E-state index contributed by atoms with van der Waals surface area (Å²) in [7, 11) is 0. The molecule has 0 radical (unpaired) electrons. The van der Waals surface area contributed by atoms with Gasteiger partial charge < -0.3 is 10.6 Å². The molecule has 0 amide bonds. The smallest absolute Gasteiger partial charge is 0.133 e. The molecule has 1 saturated heterocycles. The minimum Gasteiger partial charge on any atom is -0.316 e. The van der Waals surface area contributed by atoms with Crippen LogP contribution in [-0.4, -0.2) is 23.1 Å². The minimum atomic E-state index is 0.529. The van der Waals surface area contributed by atoms with Crippen molar-refractivity contribution >= 4 is 0 Å². The molecule has 1 aromatic heterocycles. The fourth-order valence-electron chi connectivity index (χ4n) is 2.15. The number of hydrogen-bond donors (Lipinski definition) is 2. The average molecular weight is 190 g/mol. The first-order valence-electron chi connectivity index (χ1n) is 5.19. The van der Waals surface area contributed by atoms with E-state index >= 15 is 0 Å². The molecule has 4 nitrogen and oxygen atoms in total. The molecule has 0 bridgehead atoms. The van der Waals surface area contributed by atoms with Crippen molar-refractivity contribution in [2.24, 2.45) is 0 Å². The van der Waals surface area contributed by atoms with Gasteiger partial charge in [-0.15, -0.1) is 0 Å². The fraction of sp³-hybridized carbons (Fsp3) is 0.600. The number of rotatable bonds is 1. The zero-order valence-electron chi connectivity index (χ0n) is 8.08. The molecular weight excluding hydrogens is 176 g/mol. The first-order valence-corrected chi connectivity index (χ1v) is 5.19. The maximum atomic E-state index is 4.62. The van der Waals surface area contributed by atoms with Crippen LogP contribution in [0.2, 0.25) is 0 Å². The molecule has 14 heavy (non-hydrogen) atoms. The quantitative estimate of drug-likeness (QED) is 0.662. The summed E-state index contributed by atoms with van der Waals surface area (Å²) >= 11 is 0. The zero-order chi connectivity index (χ0) is 9.38. The molecule has 3 rings (SSSR count). The summed E-state index contributed by atoms with van der Waals surface area (Å²) in [5.41, 5.74) is 2.46. The number of aromatic nitrogens is 2. The van der Waals surface area contributed by atoms with Crippen LogP contribution >= 0.6 is 0 Å². The molecule has 0 aromatic carbocycles. The van der Waals surface area contributed by atoms with Crippen molar-refractivity contribution in [1.29, 1.82) is 0 Å². The molecule has 2 N–H and O–H groups in total. The number of nitrogens with zero attached hydrogens (tertiary/aromatic N) is 2. The normalized spacial score (nSPS) is 25.3. The number of fused-ring (bicyclic) bond motifs is 1. The second-order valence-corrected chi connectivity index (χ2v) is 3.99. The van der Waals surface area contributed by atoms with Gasteiger partial charge in [0.1, 0.15) is 5.82 Å². The lowest BCUT2D eigenvalue weighted by atomic mass is 10.1. The van der Waals surface area contributed by atoms with E-state index in [-0.39, 0.29) is 0 Å². The Labute approximate surface area is 83.1 Å². The highest BCUT2D eigenvalue weighted by Gasteiger charge is 2.21. The van der Waals surface area contributed by atoms with Crippen molar-refractivity contribution in [3.63, 3.8) is 0 Å². The van der Waals surface area contributed by atoms with Gasteiger partial charge in [0.2, 0.25) is 0 Å². The molecular formula is C10H14N4. The highest BCUT2D eigenvalue weighted by Crippen LogP contribution is 2.20. The van der Waals surface area contributed by atoms with Crippen LogP contribution in [0, 0.1) is 0 Å². The van der Waals surface area contributed by atoms with Crippen LogP contribution in [0.3, 0.4) is 0 Å². The van der Waals surface area contributed by atoms with E-state index in [0.29, 0.717) is 5.92 Å². The highest BCUT2D eigenvalue weighted by molar-refractivity contribution is 5.22. The van der Waals surface area contributed by atoms with Crippen LogP contribution in [-0.2, 0) is 13.1 Å². The number of hydrogen-bond acceptors (Lipinski definition) is 4. The maximum Gasteiger partial charge on any atom is 0.133 e. The fourth-order valence-corrected chi connectivity index (χ4v) is 2.15. The van der Waals surface area contributed by atoms with Crippen molar-refractivity contribution in [3.05, 3.63) is 23.3 Å². The van der Waals surface area contributed by atoms with Crippen LogP contribution in [0.1, 0.15) is 29.4 Å². The summed E-state index contributed by atoms with van der Waals surface area (Å²) in [5.74, 6) is 1.55. The summed E-state index contributed by atoms with van der Waals surface area (Å²) in [6, 6.07) is 0. The van der Waals surface area contributed by atoms with Crippen molar-refractivity contribution in [2.45, 2.75) is 25.4 Å². The van der Waals surface area contributed by atoms with E-state index in [9.17, 15) is 0 Å². The third-order valence-corrected chi connectivity index (χ3v) is 3.01. The minimum absolute atomic E-state index is 0.529. The van der Waals surface area contributed by atoms with E-state index in [2.05, 4.69) is 20.6 Å². The van der Waals surface area contributed by atoms with Gasteiger partial charge in [0.15, 0.2) is 0 Å². The second kappa shape index (κ2) is 3.29. The van der Waals surface area contributed by atoms with Gasteiger partial charge in [-0.2, -0.15) is 0 Å². The van der Waals surface area contributed by atoms with Gasteiger partial charge in [-0.25, -0.2) is 9.97 Å². The third kappa shape index (κ3) is 1.31. The standard InChI is InChI=1S/C10H14N4/c1-2-11-3-7(1)10-13-5-8-4-12-6-9(8)14-10/h5,7,11-12H,1-4,6H2. The van der Waals surface area contributed by atoms with E-state index in [1.54, 1.807) is 0 Å². The van der Waals surface area contributed by atoms with Crippen molar-refractivity contribution in [2.75, 3.05) is 13.1 Å². The summed E-state index contributed by atoms with van der Waals surface area (Å²) in [6.07, 6.45) is 3.15. The van der Waals surface area contributed by atoms with Gasteiger partial charge in [-0.05, 0) is 13.0 Å². The van der Waals surface area contributed by atoms with Crippen LogP contribution in [0.25, 0.3) is 0 Å². The third-order valence-electron chi connectivity index (χ3n) is 3.01. The van der Waals surface area contributed by atoms with Gasteiger partial charge in [0.05, 0.1) is 5.69 Å². The molecule has 1 atom stereocenters. The molecule has 0 spiro atoms. The largest absolute Gasteiger partial charge is 0.316 e. The van der Waals surface area contributed by atoms with Crippen molar-refractivity contribution in [3.8, 4) is 0 Å². The predicted octanol–water partition coefficient (Wildman–Crippen LogP) is 0.157. The van der Waals surface area contributed by atoms with E-state index in [1.807, 2.05) is 6.20 Å². The topological polar surface area (TPSA) is 49.8 Å². The second-order valence-electron chi connectivity index (χ2n) is 3.99. The van der Waals surface area contributed by atoms with Crippen LogP contribution in [0.4, 0.5) is 0 Å². The lowest BCUT2D eigenvalue weighted by Gasteiger charge is -2.07. The first kappa shape index (κ1) is 8.32. The Balaban J connectivity index is 1.91. The molecule has 3 heterocycles. The lowest BCUT2D eigenvalue weighted by Crippen LogP contribution is -2.11. The van der Waals surface area contributed by atoms with E-state index < -0.39 is 0 Å². The Morgan fingerprint density at radius 2 is 2.29 bits per heavy atom. The van der Waals surface area contributed by atoms with Gasteiger partial charge in [-0.1, -0.05) is 0 Å². The van der Waals surface area contributed by atoms with Crippen LogP contribution < -0.4 is 10.6 Å². The summed E-state index contributed by atoms with van der Waals surface area (Å²) < 4.78 is 0. The molecule has 1 aromatic rings. The Kier molecular flexibility index (Phi) is 1.96. The van der Waals surface area contributed by atoms with Crippen molar-refractivity contribution in [1.82, 2.24) is 20.6 Å². The van der Waals surface area contributed by atoms with Crippen LogP contribution in [0.15, 0.2) is 6.20 Å². The van der Waals surface area contributed by atoms with Gasteiger partial charge in [0.25, 0.3) is 0 Å². The molecule has 0 aliphatic carbocycles. The first-order chi connectivity index (χ1) is 6.93. The summed E-state index contributed by atoms with van der Waals surface area (Å²) in [4.78, 5) is 9.06. The van der Waals surface area contributed by atoms with Gasteiger partial charge in [-0.3, -0.25) is 0 Å². The Morgan fingerprint density at radius 1 is 1.29 bits per heavy atom. The molecule has 1 fully saturated rings. The maximum absolute atomic E-state index is 4.62. The van der Waals surface area contributed by atoms with Gasteiger partial charge >= 0.3 is 0 Å². The van der Waals surface area contributed by atoms with Crippen LogP contribution in [0.5, 0.6) is 0 Å². The number of nitrogens with one attached hydrogen (secondary N) is 2.